The largest absolute Gasteiger partial charge is 0.471 e. The molecule has 1 unspecified atom stereocenters. The zero-order chi connectivity index (χ0) is 20.3. The predicted octanol–water partition coefficient (Wildman–Crippen LogP) is 3.25. The molecule has 3 rings (SSSR count). The lowest BCUT2D eigenvalue weighted by molar-refractivity contribution is -0.137. The number of aromatic nitrogens is 2. The molecule has 0 spiro atoms. The van der Waals surface area contributed by atoms with E-state index in [1.54, 1.807) is 12.1 Å². The zero-order valence-corrected chi connectivity index (χ0v) is 15.6. The van der Waals surface area contributed by atoms with E-state index in [2.05, 4.69) is 10.2 Å². The van der Waals surface area contributed by atoms with Crippen molar-refractivity contribution in [3.05, 3.63) is 47.5 Å². The second kappa shape index (κ2) is 8.04. The van der Waals surface area contributed by atoms with Crippen molar-refractivity contribution in [1.82, 2.24) is 15.1 Å². The molecule has 2 aromatic rings. The van der Waals surface area contributed by atoms with Crippen molar-refractivity contribution < 1.29 is 22.7 Å². The van der Waals surface area contributed by atoms with Crippen LogP contribution in [0.1, 0.15) is 28.8 Å². The van der Waals surface area contributed by atoms with Crippen molar-refractivity contribution in [2.75, 3.05) is 32.1 Å². The SMILES string of the molecule is CN(C)c1ccc(OC2CCCN(C(=O)c3cccc(C(F)(F)F)c3)C2)nn1. The van der Waals surface area contributed by atoms with E-state index in [9.17, 15) is 18.0 Å². The average Bonchev–Trinajstić information content (AvgIpc) is 2.67. The summed E-state index contributed by atoms with van der Waals surface area (Å²) in [7, 11) is 3.70. The molecular formula is C19H21F3N4O2. The molecule has 2 heterocycles. The number of piperidine rings is 1. The van der Waals surface area contributed by atoms with Gasteiger partial charge in [-0.1, -0.05) is 6.07 Å². The van der Waals surface area contributed by atoms with Gasteiger partial charge in [0, 0.05) is 32.3 Å². The molecule has 28 heavy (non-hydrogen) atoms. The Labute approximate surface area is 160 Å². The number of rotatable bonds is 4. The topological polar surface area (TPSA) is 58.6 Å². The summed E-state index contributed by atoms with van der Waals surface area (Å²) in [4.78, 5) is 16.0. The van der Waals surface area contributed by atoms with Gasteiger partial charge in [-0.2, -0.15) is 13.2 Å². The Morgan fingerprint density at radius 2 is 2.00 bits per heavy atom. The summed E-state index contributed by atoms with van der Waals surface area (Å²) in [6, 6.07) is 7.96. The van der Waals surface area contributed by atoms with Crippen LogP contribution in [0.5, 0.6) is 5.88 Å². The summed E-state index contributed by atoms with van der Waals surface area (Å²) >= 11 is 0. The third-order valence-electron chi connectivity index (χ3n) is 4.47. The van der Waals surface area contributed by atoms with Crippen molar-refractivity contribution >= 4 is 11.7 Å². The fourth-order valence-electron chi connectivity index (χ4n) is 3.02. The van der Waals surface area contributed by atoms with Gasteiger partial charge in [0.1, 0.15) is 6.10 Å². The van der Waals surface area contributed by atoms with E-state index < -0.39 is 17.6 Å². The molecule has 1 saturated heterocycles. The summed E-state index contributed by atoms with van der Waals surface area (Å²) in [6.45, 7) is 0.756. The maximum Gasteiger partial charge on any atom is 0.416 e. The van der Waals surface area contributed by atoms with Gasteiger partial charge in [0.15, 0.2) is 5.82 Å². The number of amides is 1. The first-order valence-electron chi connectivity index (χ1n) is 8.88. The fraction of sp³-hybridized carbons (Fsp3) is 0.421. The molecule has 1 aromatic heterocycles. The number of alkyl halides is 3. The van der Waals surface area contributed by atoms with Crippen LogP contribution in [-0.2, 0) is 6.18 Å². The van der Waals surface area contributed by atoms with Gasteiger partial charge in [-0.05, 0) is 37.1 Å². The van der Waals surface area contributed by atoms with Gasteiger partial charge in [-0.25, -0.2) is 0 Å². The van der Waals surface area contributed by atoms with Crippen molar-refractivity contribution in [2.45, 2.75) is 25.1 Å². The number of likely N-dealkylation sites (tertiary alicyclic amines) is 1. The quantitative estimate of drug-likeness (QED) is 0.797. The lowest BCUT2D eigenvalue weighted by Gasteiger charge is -2.32. The Morgan fingerprint density at radius 3 is 2.64 bits per heavy atom. The number of nitrogens with zero attached hydrogens (tertiary/aromatic N) is 4. The monoisotopic (exact) mass is 394 g/mol. The van der Waals surface area contributed by atoms with Gasteiger partial charge in [-0.3, -0.25) is 4.79 Å². The minimum Gasteiger partial charge on any atom is -0.471 e. The van der Waals surface area contributed by atoms with E-state index in [0.717, 1.165) is 18.6 Å². The van der Waals surface area contributed by atoms with E-state index in [-0.39, 0.29) is 18.2 Å². The van der Waals surface area contributed by atoms with Crippen LogP contribution < -0.4 is 9.64 Å². The minimum atomic E-state index is -4.48. The van der Waals surface area contributed by atoms with Crippen LogP contribution in [0.25, 0.3) is 0 Å². The van der Waals surface area contributed by atoms with Gasteiger partial charge in [-0.15, -0.1) is 10.2 Å². The normalized spacial score (nSPS) is 17.3. The third kappa shape index (κ3) is 4.71. The summed E-state index contributed by atoms with van der Waals surface area (Å²) in [5.74, 6) is 0.606. The molecule has 0 aliphatic carbocycles. The Morgan fingerprint density at radius 1 is 1.21 bits per heavy atom. The molecule has 9 heteroatoms. The van der Waals surface area contributed by atoms with Crippen LogP contribution in [-0.4, -0.2) is 54.3 Å². The third-order valence-corrected chi connectivity index (χ3v) is 4.47. The second-order valence-corrected chi connectivity index (χ2v) is 6.84. The van der Waals surface area contributed by atoms with E-state index in [1.165, 1.54) is 17.0 Å². The fourth-order valence-corrected chi connectivity index (χ4v) is 3.02. The van der Waals surface area contributed by atoms with E-state index in [0.29, 0.717) is 24.7 Å². The zero-order valence-electron chi connectivity index (χ0n) is 15.6. The molecule has 150 valence electrons. The summed E-state index contributed by atoms with van der Waals surface area (Å²) in [5.41, 5.74) is -0.815. The van der Waals surface area contributed by atoms with Crippen molar-refractivity contribution in [3.63, 3.8) is 0 Å². The number of anilines is 1. The molecule has 1 aliphatic rings. The van der Waals surface area contributed by atoms with Gasteiger partial charge >= 0.3 is 6.18 Å². The summed E-state index contributed by atoms with van der Waals surface area (Å²) < 4.78 is 44.5. The lowest BCUT2D eigenvalue weighted by atomic mass is 10.1. The standard InChI is InChI=1S/C19H21F3N4O2/c1-25(2)16-8-9-17(24-23-16)28-15-7-4-10-26(12-15)18(27)13-5-3-6-14(11-13)19(20,21)22/h3,5-6,8-9,11,15H,4,7,10,12H2,1-2H3. The maximum atomic E-state index is 12.9. The lowest BCUT2D eigenvalue weighted by Crippen LogP contribution is -2.44. The Hall–Kier alpha value is -2.84. The molecule has 1 amide bonds. The number of carbonyl (C=O) groups is 1. The molecule has 0 N–H and O–H groups in total. The van der Waals surface area contributed by atoms with Crippen molar-refractivity contribution in [3.8, 4) is 5.88 Å². The highest BCUT2D eigenvalue weighted by atomic mass is 19.4. The Bertz CT molecular complexity index is 825. The highest BCUT2D eigenvalue weighted by Crippen LogP contribution is 2.30. The summed E-state index contributed by atoms with van der Waals surface area (Å²) in [6.07, 6.45) is -3.36. The second-order valence-electron chi connectivity index (χ2n) is 6.84. The van der Waals surface area contributed by atoms with Gasteiger partial charge in [0.2, 0.25) is 5.88 Å². The van der Waals surface area contributed by atoms with Crippen molar-refractivity contribution in [2.24, 2.45) is 0 Å². The van der Waals surface area contributed by atoms with Crippen LogP contribution in [0.4, 0.5) is 19.0 Å². The number of hydrogen-bond donors (Lipinski definition) is 0. The first kappa shape index (κ1) is 19.9. The number of halogens is 3. The molecule has 1 fully saturated rings. The van der Waals surface area contributed by atoms with E-state index in [4.69, 9.17) is 4.74 Å². The van der Waals surface area contributed by atoms with Crippen molar-refractivity contribution in [1.29, 1.82) is 0 Å². The molecule has 1 aromatic carbocycles. The first-order chi connectivity index (χ1) is 13.2. The average molecular weight is 394 g/mol. The summed E-state index contributed by atoms with van der Waals surface area (Å²) in [5, 5.41) is 8.06. The molecule has 6 nitrogen and oxygen atoms in total. The van der Waals surface area contributed by atoms with Crippen LogP contribution >= 0.6 is 0 Å². The van der Waals surface area contributed by atoms with Crippen LogP contribution in [0.2, 0.25) is 0 Å². The highest BCUT2D eigenvalue weighted by Gasteiger charge is 2.32. The maximum absolute atomic E-state index is 12.9. The Kier molecular flexibility index (Phi) is 5.71. The molecule has 0 radical (unpaired) electrons. The predicted molar refractivity (Wildman–Crippen MR) is 97.4 cm³/mol. The minimum absolute atomic E-state index is 0.0191. The van der Waals surface area contributed by atoms with Crippen LogP contribution in [0.15, 0.2) is 36.4 Å². The van der Waals surface area contributed by atoms with Gasteiger partial charge in [0.05, 0.1) is 12.1 Å². The molecular weight excluding hydrogens is 373 g/mol. The number of carbonyl (C=O) groups excluding carboxylic acids is 1. The molecule has 0 bridgehead atoms. The number of benzene rings is 1. The number of hydrogen-bond acceptors (Lipinski definition) is 5. The highest BCUT2D eigenvalue weighted by molar-refractivity contribution is 5.94. The number of ether oxygens (including phenoxy) is 1. The molecule has 1 atom stereocenters. The molecule has 1 aliphatic heterocycles. The smallest absolute Gasteiger partial charge is 0.416 e. The van der Waals surface area contributed by atoms with Gasteiger partial charge < -0.3 is 14.5 Å². The first-order valence-corrected chi connectivity index (χ1v) is 8.88. The van der Waals surface area contributed by atoms with Crippen LogP contribution in [0, 0.1) is 0 Å². The molecule has 0 saturated carbocycles. The van der Waals surface area contributed by atoms with E-state index in [1.807, 2.05) is 19.0 Å². The van der Waals surface area contributed by atoms with E-state index >= 15 is 0 Å². The Balaban J connectivity index is 1.66. The van der Waals surface area contributed by atoms with Crippen LogP contribution in [0.3, 0.4) is 0 Å². The van der Waals surface area contributed by atoms with Gasteiger partial charge in [0.25, 0.3) is 5.91 Å².